The van der Waals surface area contributed by atoms with E-state index in [0.29, 0.717) is 11.0 Å². The van der Waals surface area contributed by atoms with Crippen LogP contribution in [0.5, 0.6) is 0 Å². The molecule has 0 aliphatic heterocycles. The molecule has 0 saturated heterocycles. The maximum Gasteiger partial charge on any atom is 0.129 e. The molecule has 0 aromatic carbocycles. The molecular formula is C11H8Cl2N2. The molecule has 2 aromatic rings. The van der Waals surface area contributed by atoms with E-state index in [9.17, 15) is 0 Å². The van der Waals surface area contributed by atoms with Crippen molar-refractivity contribution in [3.63, 3.8) is 0 Å². The first-order valence-electron chi connectivity index (χ1n) is 4.42. The fourth-order valence-electron chi connectivity index (χ4n) is 1.36. The molecule has 2 aromatic heterocycles. The van der Waals surface area contributed by atoms with E-state index in [1.165, 1.54) is 0 Å². The van der Waals surface area contributed by atoms with Crippen LogP contribution in [0.4, 0.5) is 0 Å². The zero-order valence-electron chi connectivity index (χ0n) is 7.82. The predicted octanol–water partition coefficient (Wildman–Crippen LogP) is 3.54. The van der Waals surface area contributed by atoms with Gasteiger partial charge >= 0.3 is 0 Å². The summed E-state index contributed by atoms with van der Waals surface area (Å²) < 4.78 is 0. The third-order valence-corrected chi connectivity index (χ3v) is 2.57. The molecule has 2 heterocycles. The maximum absolute atomic E-state index is 5.85. The van der Waals surface area contributed by atoms with Crippen LogP contribution in [0.2, 0.25) is 5.15 Å². The average molecular weight is 239 g/mol. The highest BCUT2D eigenvalue weighted by Gasteiger charge is 2.05. The molecule has 0 atom stereocenters. The lowest BCUT2D eigenvalue weighted by Crippen LogP contribution is -1.89. The van der Waals surface area contributed by atoms with Crippen LogP contribution in [-0.2, 0) is 5.88 Å². The molecule has 0 bridgehead atoms. The van der Waals surface area contributed by atoms with Crippen molar-refractivity contribution in [2.24, 2.45) is 0 Å². The van der Waals surface area contributed by atoms with Crippen molar-refractivity contribution in [2.75, 3.05) is 0 Å². The largest absolute Gasteiger partial charge is 0.264 e. The summed E-state index contributed by atoms with van der Waals surface area (Å²) in [6.07, 6.45) is 5.23. The van der Waals surface area contributed by atoms with Crippen molar-refractivity contribution >= 4 is 23.2 Å². The molecule has 15 heavy (non-hydrogen) atoms. The number of pyridine rings is 2. The first kappa shape index (κ1) is 10.4. The van der Waals surface area contributed by atoms with Gasteiger partial charge in [0.1, 0.15) is 5.15 Å². The molecule has 0 spiro atoms. The molecule has 0 amide bonds. The first-order chi connectivity index (χ1) is 7.31. The SMILES string of the molecule is ClCc1cc(Cl)ncc1-c1cccnc1. The van der Waals surface area contributed by atoms with Gasteiger partial charge in [-0.2, -0.15) is 0 Å². The third-order valence-electron chi connectivity index (χ3n) is 2.07. The van der Waals surface area contributed by atoms with Crippen LogP contribution in [-0.4, -0.2) is 9.97 Å². The number of halogens is 2. The highest BCUT2D eigenvalue weighted by molar-refractivity contribution is 6.29. The zero-order chi connectivity index (χ0) is 10.7. The topological polar surface area (TPSA) is 25.8 Å². The van der Waals surface area contributed by atoms with Crippen LogP contribution in [0, 0.1) is 0 Å². The van der Waals surface area contributed by atoms with E-state index in [-0.39, 0.29) is 0 Å². The molecule has 0 aliphatic rings. The maximum atomic E-state index is 5.85. The Morgan fingerprint density at radius 3 is 2.80 bits per heavy atom. The van der Waals surface area contributed by atoms with Gasteiger partial charge in [0.2, 0.25) is 0 Å². The summed E-state index contributed by atoms with van der Waals surface area (Å²) in [6.45, 7) is 0. The number of nitrogens with zero attached hydrogens (tertiary/aromatic N) is 2. The monoisotopic (exact) mass is 238 g/mol. The van der Waals surface area contributed by atoms with E-state index < -0.39 is 0 Å². The first-order valence-corrected chi connectivity index (χ1v) is 5.33. The van der Waals surface area contributed by atoms with E-state index in [1.54, 1.807) is 24.7 Å². The summed E-state index contributed by atoms with van der Waals surface area (Å²) in [5, 5.41) is 0.457. The molecule has 0 N–H and O–H groups in total. The number of hydrogen-bond acceptors (Lipinski definition) is 2. The minimum atomic E-state index is 0.409. The van der Waals surface area contributed by atoms with Crippen LogP contribution < -0.4 is 0 Å². The lowest BCUT2D eigenvalue weighted by molar-refractivity contribution is 1.25. The van der Waals surface area contributed by atoms with Gasteiger partial charge in [0.05, 0.1) is 0 Å². The molecule has 0 saturated carbocycles. The van der Waals surface area contributed by atoms with E-state index in [1.807, 2.05) is 12.1 Å². The molecule has 76 valence electrons. The van der Waals surface area contributed by atoms with Gasteiger partial charge in [0, 0.05) is 35.6 Å². The zero-order valence-corrected chi connectivity index (χ0v) is 9.33. The number of rotatable bonds is 2. The van der Waals surface area contributed by atoms with E-state index in [0.717, 1.165) is 16.7 Å². The summed E-state index contributed by atoms with van der Waals surface area (Å²) in [5.74, 6) is 0.409. The second kappa shape index (κ2) is 4.60. The van der Waals surface area contributed by atoms with Gasteiger partial charge in [-0.1, -0.05) is 17.7 Å². The average Bonchev–Trinajstić information content (AvgIpc) is 2.30. The van der Waals surface area contributed by atoms with Crippen molar-refractivity contribution in [1.82, 2.24) is 9.97 Å². The minimum Gasteiger partial charge on any atom is -0.264 e. The van der Waals surface area contributed by atoms with E-state index in [2.05, 4.69) is 9.97 Å². The molecule has 4 heteroatoms. The Bertz CT molecular complexity index is 457. The Balaban J connectivity index is 2.53. The Labute approximate surface area is 97.9 Å². The van der Waals surface area contributed by atoms with E-state index in [4.69, 9.17) is 23.2 Å². The van der Waals surface area contributed by atoms with Crippen molar-refractivity contribution in [1.29, 1.82) is 0 Å². The fraction of sp³-hybridized carbons (Fsp3) is 0.0909. The van der Waals surface area contributed by atoms with Crippen molar-refractivity contribution in [2.45, 2.75) is 5.88 Å². The van der Waals surface area contributed by atoms with Crippen LogP contribution >= 0.6 is 23.2 Å². The molecule has 2 rings (SSSR count). The van der Waals surface area contributed by atoms with Crippen LogP contribution in [0.1, 0.15) is 5.56 Å². The van der Waals surface area contributed by atoms with Gasteiger partial charge in [0.25, 0.3) is 0 Å². The molecular weight excluding hydrogens is 231 g/mol. The van der Waals surface area contributed by atoms with Gasteiger partial charge in [-0.05, 0) is 17.7 Å². The lowest BCUT2D eigenvalue weighted by Gasteiger charge is -2.06. The highest BCUT2D eigenvalue weighted by Crippen LogP contribution is 2.25. The van der Waals surface area contributed by atoms with Gasteiger partial charge in [0.15, 0.2) is 0 Å². The quantitative estimate of drug-likeness (QED) is 0.591. The van der Waals surface area contributed by atoms with E-state index >= 15 is 0 Å². The van der Waals surface area contributed by atoms with Crippen LogP contribution in [0.25, 0.3) is 11.1 Å². The van der Waals surface area contributed by atoms with Gasteiger partial charge in [-0.3, -0.25) is 4.98 Å². The number of hydrogen-bond donors (Lipinski definition) is 0. The second-order valence-electron chi connectivity index (χ2n) is 3.04. The summed E-state index contributed by atoms with van der Waals surface area (Å²) in [7, 11) is 0. The lowest BCUT2D eigenvalue weighted by atomic mass is 10.1. The molecule has 0 unspecified atom stereocenters. The smallest absolute Gasteiger partial charge is 0.129 e. The summed E-state index contributed by atoms with van der Waals surface area (Å²) in [4.78, 5) is 8.10. The summed E-state index contributed by atoms with van der Waals surface area (Å²) in [5.41, 5.74) is 2.93. The predicted molar refractivity (Wildman–Crippen MR) is 62.0 cm³/mol. The van der Waals surface area contributed by atoms with Crippen LogP contribution in [0.3, 0.4) is 0 Å². The number of alkyl halides is 1. The Kier molecular flexibility index (Phi) is 3.19. The molecule has 0 fully saturated rings. The second-order valence-corrected chi connectivity index (χ2v) is 3.69. The number of aromatic nitrogens is 2. The van der Waals surface area contributed by atoms with Gasteiger partial charge in [-0.25, -0.2) is 4.98 Å². The Morgan fingerprint density at radius 1 is 1.27 bits per heavy atom. The van der Waals surface area contributed by atoms with Gasteiger partial charge < -0.3 is 0 Å². The standard InChI is InChI=1S/C11H8Cl2N2/c12-5-9-4-11(13)15-7-10(9)8-2-1-3-14-6-8/h1-4,6-7H,5H2. The Morgan fingerprint density at radius 2 is 2.13 bits per heavy atom. The molecule has 0 aliphatic carbocycles. The summed E-state index contributed by atoms with van der Waals surface area (Å²) in [6, 6.07) is 5.62. The van der Waals surface area contributed by atoms with Crippen molar-refractivity contribution < 1.29 is 0 Å². The molecule has 2 nitrogen and oxygen atoms in total. The highest BCUT2D eigenvalue weighted by atomic mass is 35.5. The normalized spacial score (nSPS) is 10.3. The fourth-order valence-corrected chi connectivity index (χ4v) is 1.76. The third kappa shape index (κ3) is 2.28. The molecule has 0 radical (unpaired) electrons. The van der Waals surface area contributed by atoms with Crippen molar-refractivity contribution in [3.05, 3.63) is 47.5 Å². The van der Waals surface area contributed by atoms with Gasteiger partial charge in [-0.15, -0.1) is 11.6 Å². The summed E-state index contributed by atoms with van der Waals surface area (Å²) >= 11 is 11.6. The van der Waals surface area contributed by atoms with Crippen molar-refractivity contribution in [3.8, 4) is 11.1 Å². The minimum absolute atomic E-state index is 0.409. The Hall–Kier alpha value is -1.12. The van der Waals surface area contributed by atoms with Crippen LogP contribution in [0.15, 0.2) is 36.8 Å².